The minimum Gasteiger partial charge on any atom is -0.482 e. The second-order valence-corrected chi connectivity index (χ2v) is 9.14. The molecule has 3 aromatic rings. The van der Waals surface area contributed by atoms with Crippen molar-refractivity contribution in [2.45, 2.75) is 0 Å². The van der Waals surface area contributed by atoms with Gasteiger partial charge in [0.1, 0.15) is 11.6 Å². The summed E-state index contributed by atoms with van der Waals surface area (Å²) in [4.78, 5) is 38.9. The van der Waals surface area contributed by atoms with Gasteiger partial charge < -0.3 is 14.8 Å². The summed E-state index contributed by atoms with van der Waals surface area (Å²) in [5, 5.41) is 2.69. The molecule has 0 saturated carbocycles. The van der Waals surface area contributed by atoms with Gasteiger partial charge in [-0.3, -0.25) is 14.5 Å². The molecule has 1 fully saturated rings. The number of halogens is 1. The Hall–Kier alpha value is -4.02. The van der Waals surface area contributed by atoms with Crippen molar-refractivity contribution in [3.8, 4) is 5.75 Å². The Morgan fingerprint density at radius 2 is 1.83 bits per heavy atom. The molecule has 0 aromatic heterocycles. The van der Waals surface area contributed by atoms with Crippen LogP contribution in [0.1, 0.15) is 15.9 Å². The zero-order valence-electron chi connectivity index (χ0n) is 18.9. The standard InChI is InChI=1S/C26H19FN2O5S2/c1-33-23(30)15-34-21-7-2-4-16(12-21)13-22-25(32)29(26(35)36-22)20-6-3-5-17(14-20)24(31)28-19-10-8-18(27)9-11-19/h2-14H,15H2,1H3,(H,28,31)/b22-13+. The highest BCUT2D eigenvalue weighted by Gasteiger charge is 2.33. The number of thioether (sulfide) groups is 1. The fraction of sp³-hybridized carbons (Fsp3) is 0.0769. The summed E-state index contributed by atoms with van der Waals surface area (Å²) in [5.41, 5.74) is 1.89. The van der Waals surface area contributed by atoms with Crippen molar-refractivity contribution in [2.75, 3.05) is 23.9 Å². The quantitative estimate of drug-likeness (QED) is 0.265. The Kier molecular flexibility index (Phi) is 7.77. The van der Waals surface area contributed by atoms with Crippen molar-refractivity contribution in [2.24, 2.45) is 0 Å². The molecule has 4 rings (SSSR count). The first kappa shape index (κ1) is 25.1. The summed E-state index contributed by atoms with van der Waals surface area (Å²) in [6.07, 6.45) is 1.68. The molecule has 0 unspecified atom stereocenters. The molecule has 0 radical (unpaired) electrons. The minimum absolute atomic E-state index is 0.229. The van der Waals surface area contributed by atoms with E-state index >= 15 is 0 Å². The van der Waals surface area contributed by atoms with E-state index in [-0.39, 0.29) is 12.5 Å². The normalized spacial score (nSPS) is 14.2. The van der Waals surface area contributed by atoms with Crippen LogP contribution in [0.25, 0.3) is 6.08 Å². The molecular weight excluding hydrogens is 503 g/mol. The van der Waals surface area contributed by atoms with E-state index in [4.69, 9.17) is 17.0 Å². The van der Waals surface area contributed by atoms with Gasteiger partial charge in [0.2, 0.25) is 0 Å². The van der Waals surface area contributed by atoms with Gasteiger partial charge in [-0.25, -0.2) is 9.18 Å². The fourth-order valence-electron chi connectivity index (χ4n) is 3.26. The maximum absolute atomic E-state index is 13.2. The van der Waals surface area contributed by atoms with Crippen LogP contribution in [0.3, 0.4) is 0 Å². The van der Waals surface area contributed by atoms with Crippen LogP contribution < -0.4 is 15.0 Å². The van der Waals surface area contributed by atoms with Crippen molar-refractivity contribution in [3.05, 3.63) is 94.6 Å². The van der Waals surface area contributed by atoms with Gasteiger partial charge in [-0.15, -0.1) is 0 Å². The van der Waals surface area contributed by atoms with E-state index in [9.17, 15) is 18.8 Å². The monoisotopic (exact) mass is 522 g/mol. The number of thiocarbonyl (C=S) groups is 1. The molecule has 1 N–H and O–H groups in total. The van der Waals surface area contributed by atoms with Gasteiger partial charge in [0.15, 0.2) is 10.9 Å². The molecular formula is C26H19FN2O5S2. The molecule has 1 aliphatic heterocycles. The Morgan fingerprint density at radius 3 is 2.58 bits per heavy atom. The van der Waals surface area contributed by atoms with Gasteiger partial charge in [0.05, 0.1) is 17.7 Å². The third-order valence-corrected chi connectivity index (χ3v) is 6.30. The Labute approximate surface area is 215 Å². The van der Waals surface area contributed by atoms with Gasteiger partial charge >= 0.3 is 5.97 Å². The minimum atomic E-state index is -0.505. The number of ether oxygens (including phenoxy) is 2. The number of benzene rings is 3. The second kappa shape index (κ2) is 11.1. The molecule has 10 heteroatoms. The summed E-state index contributed by atoms with van der Waals surface area (Å²) in [6.45, 7) is -0.229. The van der Waals surface area contributed by atoms with E-state index in [1.807, 2.05) is 0 Å². The number of carbonyl (C=O) groups excluding carboxylic acids is 3. The van der Waals surface area contributed by atoms with Crippen molar-refractivity contribution < 1.29 is 28.2 Å². The number of hydrogen-bond acceptors (Lipinski definition) is 7. The van der Waals surface area contributed by atoms with Gasteiger partial charge in [-0.1, -0.05) is 42.2 Å². The lowest BCUT2D eigenvalue weighted by atomic mass is 10.1. The maximum atomic E-state index is 13.2. The van der Waals surface area contributed by atoms with Gasteiger partial charge in [-0.2, -0.15) is 0 Å². The van der Waals surface area contributed by atoms with Gasteiger partial charge in [0.25, 0.3) is 11.8 Å². The summed E-state index contributed by atoms with van der Waals surface area (Å²) < 4.78 is 23.4. The lowest BCUT2D eigenvalue weighted by Gasteiger charge is -2.15. The molecule has 3 aromatic carbocycles. The van der Waals surface area contributed by atoms with E-state index in [2.05, 4.69) is 10.1 Å². The zero-order valence-corrected chi connectivity index (χ0v) is 20.5. The fourth-order valence-corrected chi connectivity index (χ4v) is 4.56. The van der Waals surface area contributed by atoms with Crippen LogP contribution in [-0.2, 0) is 14.3 Å². The lowest BCUT2D eigenvalue weighted by molar-refractivity contribution is -0.142. The highest BCUT2D eigenvalue weighted by molar-refractivity contribution is 8.27. The highest BCUT2D eigenvalue weighted by Crippen LogP contribution is 2.36. The Bertz CT molecular complexity index is 1370. The number of carbonyl (C=O) groups is 3. The van der Waals surface area contributed by atoms with Crippen molar-refractivity contribution in [1.82, 2.24) is 0 Å². The van der Waals surface area contributed by atoms with E-state index in [1.165, 1.54) is 36.3 Å². The molecule has 7 nitrogen and oxygen atoms in total. The number of amides is 2. The number of nitrogens with one attached hydrogen (secondary N) is 1. The molecule has 0 bridgehead atoms. The molecule has 0 atom stereocenters. The first-order valence-corrected chi connectivity index (χ1v) is 11.8. The van der Waals surface area contributed by atoms with Crippen LogP contribution in [0.5, 0.6) is 5.75 Å². The van der Waals surface area contributed by atoms with Crippen LogP contribution in [0.4, 0.5) is 15.8 Å². The van der Waals surface area contributed by atoms with Crippen LogP contribution in [0, 0.1) is 5.82 Å². The molecule has 1 saturated heterocycles. The van der Waals surface area contributed by atoms with E-state index in [0.29, 0.717) is 37.5 Å². The average Bonchev–Trinajstić information content (AvgIpc) is 3.16. The number of anilines is 2. The summed E-state index contributed by atoms with van der Waals surface area (Å²) in [7, 11) is 1.28. The van der Waals surface area contributed by atoms with Crippen LogP contribution in [0.15, 0.2) is 77.7 Å². The smallest absolute Gasteiger partial charge is 0.343 e. The van der Waals surface area contributed by atoms with E-state index in [0.717, 1.165) is 11.8 Å². The summed E-state index contributed by atoms with van der Waals surface area (Å²) in [6, 6.07) is 18.8. The lowest BCUT2D eigenvalue weighted by Crippen LogP contribution is -2.27. The van der Waals surface area contributed by atoms with Crippen molar-refractivity contribution >= 4 is 63.5 Å². The first-order valence-electron chi connectivity index (χ1n) is 10.6. The molecule has 0 aliphatic carbocycles. The summed E-state index contributed by atoms with van der Waals surface area (Å²) in [5.74, 6) is -1.20. The Balaban J connectivity index is 1.51. The second-order valence-electron chi connectivity index (χ2n) is 7.47. The van der Waals surface area contributed by atoms with Crippen LogP contribution >= 0.6 is 24.0 Å². The van der Waals surface area contributed by atoms with Crippen LogP contribution in [0.2, 0.25) is 0 Å². The third kappa shape index (κ3) is 5.96. The number of nitrogens with zero attached hydrogens (tertiary/aromatic N) is 1. The predicted octanol–water partition coefficient (Wildman–Crippen LogP) is 5.04. The highest BCUT2D eigenvalue weighted by atomic mass is 32.2. The molecule has 2 amide bonds. The molecule has 0 spiro atoms. The number of esters is 1. The number of methoxy groups -OCH3 is 1. The average molecular weight is 523 g/mol. The molecule has 36 heavy (non-hydrogen) atoms. The first-order chi connectivity index (χ1) is 17.3. The molecule has 182 valence electrons. The van der Waals surface area contributed by atoms with E-state index < -0.39 is 17.7 Å². The predicted molar refractivity (Wildman–Crippen MR) is 140 cm³/mol. The molecule has 1 heterocycles. The van der Waals surface area contributed by atoms with Crippen molar-refractivity contribution in [1.29, 1.82) is 0 Å². The van der Waals surface area contributed by atoms with Crippen molar-refractivity contribution in [3.63, 3.8) is 0 Å². The maximum Gasteiger partial charge on any atom is 0.343 e. The van der Waals surface area contributed by atoms with Crippen LogP contribution in [-0.4, -0.2) is 35.8 Å². The number of hydrogen-bond donors (Lipinski definition) is 1. The number of rotatable bonds is 7. The summed E-state index contributed by atoms with van der Waals surface area (Å²) >= 11 is 6.58. The third-order valence-electron chi connectivity index (χ3n) is 5.00. The Morgan fingerprint density at radius 1 is 1.08 bits per heavy atom. The zero-order chi connectivity index (χ0) is 25.7. The SMILES string of the molecule is COC(=O)COc1cccc(/C=C2/SC(=S)N(c3cccc(C(=O)Nc4ccc(F)cc4)c3)C2=O)c1. The topological polar surface area (TPSA) is 84.9 Å². The van der Waals surface area contributed by atoms with Gasteiger partial charge in [-0.05, 0) is 66.2 Å². The molecule has 1 aliphatic rings. The largest absolute Gasteiger partial charge is 0.482 e. The van der Waals surface area contributed by atoms with Gasteiger partial charge in [0, 0.05) is 11.3 Å². The van der Waals surface area contributed by atoms with E-state index in [1.54, 1.807) is 54.6 Å².